The lowest BCUT2D eigenvalue weighted by Crippen LogP contribution is -2.40. The Kier molecular flexibility index (Phi) is 19.7. The van der Waals surface area contributed by atoms with E-state index in [2.05, 4.69) is 27.9 Å². The van der Waals surface area contributed by atoms with Gasteiger partial charge in [-0.1, -0.05) is 117 Å². The van der Waals surface area contributed by atoms with Crippen LogP contribution in [0.3, 0.4) is 0 Å². The molecule has 0 atom stereocenters. The van der Waals surface area contributed by atoms with Crippen LogP contribution in [0.25, 0.3) is 0 Å². The van der Waals surface area contributed by atoms with E-state index in [0.29, 0.717) is 0 Å². The van der Waals surface area contributed by atoms with Gasteiger partial charge in [0.2, 0.25) is 0 Å². The molecule has 1 heteroatoms. The molecule has 0 aliphatic heterocycles. The standard InChI is InChI=1S/C25H54N/c1-5-7-8-9-10-11-12-13-14-15-16-17-18-19-20-21-22-23-25-26(3,4)24-6-2/h5-25H2,1-4H3/q+1. The van der Waals surface area contributed by atoms with Crippen LogP contribution in [0.15, 0.2) is 0 Å². The van der Waals surface area contributed by atoms with Crippen molar-refractivity contribution in [1.29, 1.82) is 0 Å². The van der Waals surface area contributed by atoms with Gasteiger partial charge in [0.25, 0.3) is 0 Å². The van der Waals surface area contributed by atoms with E-state index in [1.165, 1.54) is 140 Å². The Bertz CT molecular complexity index is 259. The van der Waals surface area contributed by atoms with Gasteiger partial charge in [-0.25, -0.2) is 0 Å². The van der Waals surface area contributed by atoms with Gasteiger partial charge < -0.3 is 4.48 Å². The van der Waals surface area contributed by atoms with Crippen molar-refractivity contribution < 1.29 is 4.48 Å². The van der Waals surface area contributed by atoms with E-state index >= 15 is 0 Å². The molecule has 0 N–H and O–H groups in total. The second-order valence-corrected chi connectivity index (χ2v) is 9.39. The van der Waals surface area contributed by atoms with E-state index in [1.807, 2.05) is 0 Å². The van der Waals surface area contributed by atoms with Crippen LogP contribution in [0.1, 0.15) is 136 Å². The zero-order chi connectivity index (χ0) is 19.3. The first-order valence-corrected chi connectivity index (χ1v) is 12.4. The first-order valence-electron chi connectivity index (χ1n) is 12.4. The minimum absolute atomic E-state index is 1.22. The van der Waals surface area contributed by atoms with E-state index in [1.54, 1.807) is 0 Å². The lowest BCUT2D eigenvalue weighted by Gasteiger charge is -2.29. The van der Waals surface area contributed by atoms with E-state index in [9.17, 15) is 0 Å². The molecule has 0 radical (unpaired) electrons. The van der Waals surface area contributed by atoms with Gasteiger partial charge in [-0.2, -0.15) is 0 Å². The van der Waals surface area contributed by atoms with Gasteiger partial charge in [0, 0.05) is 0 Å². The molecule has 0 aromatic heterocycles. The molecule has 0 aromatic carbocycles. The summed E-state index contributed by atoms with van der Waals surface area (Å²) in [4.78, 5) is 0. The van der Waals surface area contributed by atoms with Crippen LogP contribution < -0.4 is 0 Å². The predicted octanol–water partition coefficient (Wildman–Crippen LogP) is 8.51. The van der Waals surface area contributed by atoms with Crippen molar-refractivity contribution >= 4 is 0 Å². The maximum Gasteiger partial charge on any atom is 0.0782 e. The number of quaternary nitrogens is 1. The van der Waals surface area contributed by atoms with E-state index in [-0.39, 0.29) is 0 Å². The highest BCUT2D eigenvalue weighted by molar-refractivity contribution is 4.50. The van der Waals surface area contributed by atoms with Crippen molar-refractivity contribution in [2.45, 2.75) is 136 Å². The maximum atomic E-state index is 2.39. The van der Waals surface area contributed by atoms with E-state index < -0.39 is 0 Å². The molecule has 0 saturated heterocycles. The Morgan fingerprint density at radius 1 is 0.346 bits per heavy atom. The Balaban J connectivity index is 3.09. The number of hydrogen-bond donors (Lipinski definition) is 0. The molecule has 0 amide bonds. The summed E-state index contributed by atoms with van der Waals surface area (Å²) < 4.78 is 1.22. The van der Waals surface area contributed by atoms with Gasteiger partial charge in [-0.15, -0.1) is 0 Å². The lowest BCUT2D eigenvalue weighted by molar-refractivity contribution is -0.890. The highest BCUT2D eigenvalue weighted by Crippen LogP contribution is 2.14. The van der Waals surface area contributed by atoms with Crippen molar-refractivity contribution in [2.75, 3.05) is 27.2 Å². The molecule has 0 heterocycles. The molecular weight excluding hydrogens is 314 g/mol. The molecule has 0 fully saturated rings. The molecular formula is C25H54N+. The summed E-state index contributed by atoms with van der Waals surface area (Å²) in [5, 5.41) is 0. The summed E-state index contributed by atoms with van der Waals surface area (Å²) in [5.74, 6) is 0. The summed E-state index contributed by atoms with van der Waals surface area (Å²) in [6.45, 7) is 7.30. The molecule has 0 aromatic rings. The maximum absolute atomic E-state index is 2.39. The molecule has 1 nitrogen and oxygen atoms in total. The molecule has 0 rings (SSSR count). The fourth-order valence-corrected chi connectivity index (χ4v) is 4.16. The van der Waals surface area contributed by atoms with E-state index in [0.717, 1.165) is 0 Å². The van der Waals surface area contributed by atoms with Crippen molar-refractivity contribution in [2.24, 2.45) is 0 Å². The first kappa shape index (κ1) is 26.0. The van der Waals surface area contributed by atoms with Gasteiger partial charge in [0.05, 0.1) is 27.2 Å². The molecule has 26 heavy (non-hydrogen) atoms. The number of rotatable bonds is 21. The molecule has 0 spiro atoms. The molecule has 0 aliphatic rings. The third-order valence-corrected chi connectivity index (χ3v) is 5.95. The quantitative estimate of drug-likeness (QED) is 0.141. The van der Waals surface area contributed by atoms with Crippen molar-refractivity contribution in [1.82, 2.24) is 0 Å². The molecule has 0 saturated carbocycles. The molecule has 0 aliphatic carbocycles. The summed E-state index contributed by atoms with van der Waals surface area (Å²) in [7, 11) is 4.77. The largest absolute Gasteiger partial charge is 0.328 e. The monoisotopic (exact) mass is 368 g/mol. The van der Waals surface area contributed by atoms with Crippen molar-refractivity contribution in [3.05, 3.63) is 0 Å². The second kappa shape index (κ2) is 19.7. The van der Waals surface area contributed by atoms with Crippen LogP contribution in [0.4, 0.5) is 0 Å². The van der Waals surface area contributed by atoms with Crippen LogP contribution in [-0.4, -0.2) is 31.7 Å². The molecule has 0 bridgehead atoms. The third kappa shape index (κ3) is 20.3. The first-order chi connectivity index (χ1) is 12.6. The second-order valence-electron chi connectivity index (χ2n) is 9.39. The van der Waals surface area contributed by atoms with Crippen LogP contribution in [0.5, 0.6) is 0 Å². The summed E-state index contributed by atoms with van der Waals surface area (Å²) in [6, 6.07) is 0. The molecule has 0 unspecified atom stereocenters. The molecule has 158 valence electrons. The summed E-state index contributed by atoms with van der Waals surface area (Å²) in [6.07, 6.45) is 27.7. The highest BCUT2D eigenvalue weighted by Gasteiger charge is 2.11. The zero-order valence-electron chi connectivity index (χ0n) is 19.3. The minimum Gasteiger partial charge on any atom is -0.328 e. The Morgan fingerprint density at radius 2 is 0.654 bits per heavy atom. The van der Waals surface area contributed by atoms with Gasteiger partial charge in [-0.3, -0.25) is 0 Å². The van der Waals surface area contributed by atoms with Crippen LogP contribution in [0.2, 0.25) is 0 Å². The topological polar surface area (TPSA) is 0 Å². The van der Waals surface area contributed by atoms with Gasteiger partial charge in [0.1, 0.15) is 0 Å². The Hall–Kier alpha value is -0.0400. The van der Waals surface area contributed by atoms with Crippen molar-refractivity contribution in [3.63, 3.8) is 0 Å². The van der Waals surface area contributed by atoms with Crippen LogP contribution in [-0.2, 0) is 0 Å². The smallest absolute Gasteiger partial charge is 0.0782 e. The van der Waals surface area contributed by atoms with Crippen molar-refractivity contribution in [3.8, 4) is 0 Å². The lowest BCUT2D eigenvalue weighted by atomic mass is 10.0. The number of nitrogens with zero attached hydrogens (tertiary/aromatic N) is 1. The van der Waals surface area contributed by atoms with Gasteiger partial charge in [0.15, 0.2) is 0 Å². The average molecular weight is 369 g/mol. The van der Waals surface area contributed by atoms with Crippen LogP contribution >= 0.6 is 0 Å². The van der Waals surface area contributed by atoms with Gasteiger partial charge in [-0.05, 0) is 19.3 Å². The minimum atomic E-state index is 1.22. The fourth-order valence-electron chi connectivity index (χ4n) is 4.16. The summed E-state index contributed by atoms with van der Waals surface area (Å²) >= 11 is 0. The SMILES string of the molecule is CCCCCCCCCCCCCCCCCCCC[N+](C)(C)CCC. The normalized spacial score (nSPS) is 12.0. The zero-order valence-corrected chi connectivity index (χ0v) is 19.3. The number of unbranched alkanes of at least 4 members (excludes halogenated alkanes) is 17. The Labute approximate surface area is 167 Å². The predicted molar refractivity (Wildman–Crippen MR) is 121 cm³/mol. The van der Waals surface area contributed by atoms with Crippen LogP contribution in [0, 0.1) is 0 Å². The third-order valence-electron chi connectivity index (χ3n) is 5.95. The van der Waals surface area contributed by atoms with E-state index in [4.69, 9.17) is 0 Å². The van der Waals surface area contributed by atoms with Gasteiger partial charge >= 0.3 is 0 Å². The Morgan fingerprint density at radius 3 is 0.962 bits per heavy atom. The number of hydrogen-bond acceptors (Lipinski definition) is 0. The highest BCUT2D eigenvalue weighted by atomic mass is 15.3. The average Bonchev–Trinajstić information content (AvgIpc) is 2.60. The fraction of sp³-hybridized carbons (Fsp3) is 1.00. The summed E-state index contributed by atoms with van der Waals surface area (Å²) in [5.41, 5.74) is 0.